The lowest BCUT2D eigenvalue weighted by Gasteiger charge is -2.36. The van der Waals surface area contributed by atoms with E-state index < -0.39 is 41.3 Å². The molecule has 9 rings (SSSR count). The van der Waals surface area contributed by atoms with Crippen LogP contribution in [0, 0.1) is 11.6 Å². The molecule has 4 aliphatic heterocycles. The number of aromatic amines is 1. The number of piperazine rings is 1. The summed E-state index contributed by atoms with van der Waals surface area (Å²) >= 11 is 0. The summed E-state index contributed by atoms with van der Waals surface area (Å²) in [6, 6.07) is 18.8. The maximum atomic E-state index is 14.0. The van der Waals surface area contributed by atoms with Gasteiger partial charge in [-0.15, -0.1) is 0 Å². The minimum atomic E-state index is -1.01. The largest absolute Gasteiger partial charge is 0.385 e. The summed E-state index contributed by atoms with van der Waals surface area (Å²) in [5.41, 5.74) is 5.22. The molecule has 0 spiro atoms. The van der Waals surface area contributed by atoms with Gasteiger partial charge < -0.3 is 30.5 Å². The Balaban J connectivity index is 0.743. The normalized spacial score (nSPS) is 17.7. The maximum Gasteiger partial charge on any atom is 0.262 e. The average Bonchev–Trinajstić information content (AvgIpc) is 3.83. The Hall–Kier alpha value is -7.21. The number of unbranched alkanes of at least 4 members (excludes halogenated alkanes) is 3. The van der Waals surface area contributed by atoms with Crippen molar-refractivity contribution in [2.45, 2.75) is 76.3 Å². The van der Waals surface area contributed by atoms with Crippen LogP contribution in [0.25, 0.3) is 10.9 Å². The first-order chi connectivity index (χ1) is 33.0. The number of amides is 6. The lowest BCUT2D eigenvalue weighted by molar-refractivity contribution is -0.136. The number of ether oxygens (including phenoxy) is 1. The van der Waals surface area contributed by atoms with Gasteiger partial charge in [-0.2, -0.15) is 5.10 Å². The molecule has 0 bridgehead atoms. The first-order valence-electron chi connectivity index (χ1n) is 23.3. The van der Waals surface area contributed by atoms with Gasteiger partial charge in [0.25, 0.3) is 17.7 Å². The number of halogens is 2. The summed E-state index contributed by atoms with van der Waals surface area (Å²) in [6.45, 7) is 4.32. The van der Waals surface area contributed by atoms with Gasteiger partial charge in [-0.25, -0.2) is 8.78 Å². The van der Waals surface area contributed by atoms with Crippen LogP contribution in [0.5, 0.6) is 0 Å². The fourth-order valence-electron chi connectivity index (χ4n) is 9.44. The van der Waals surface area contributed by atoms with Crippen LogP contribution in [0.4, 0.5) is 31.7 Å². The molecule has 0 radical (unpaired) electrons. The van der Waals surface area contributed by atoms with Gasteiger partial charge in [-0.3, -0.25) is 44.1 Å². The molecule has 3 saturated heterocycles. The molecule has 16 nitrogen and oxygen atoms in total. The van der Waals surface area contributed by atoms with Gasteiger partial charge in [-0.1, -0.05) is 18.9 Å². The second-order valence-electron chi connectivity index (χ2n) is 17.8. The number of aromatic nitrogens is 2. The minimum absolute atomic E-state index is 0.0631. The molecule has 5 heterocycles. The number of nitrogens with zero attached hydrogens (tertiary/aromatic N) is 4. The molecule has 0 saturated carbocycles. The third kappa shape index (κ3) is 10.3. The summed E-state index contributed by atoms with van der Waals surface area (Å²) in [7, 11) is 0. The van der Waals surface area contributed by atoms with Crippen LogP contribution in [0.2, 0.25) is 0 Å². The fourth-order valence-corrected chi connectivity index (χ4v) is 9.44. The SMILES string of the molecule is O=C1CCC(N2C(=O)c3ccc(NCCCCCCC(=O)N4CCN(c5ccc(C(=O)Nc6n[nH]c7ccc(Cc8cc(F)cc(F)c8)cc67)c(NC6CCOCC6)c5)CC4)cc3C2=O)C(=O)N1. The third-order valence-electron chi connectivity index (χ3n) is 13.1. The van der Waals surface area contributed by atoms with Crippen molar-refractivity contribution in [3.05, 3.63) is 112 Å². The Morgan fingerprint density at radius 3 is 2.32 bits per heavy atom. The van der Waals surface area contributed by atoms with Crippen LogP contribution >= 0.6 is 0 Å². The number of fused-ring (bicyclic) bond motifs is 2. The zero-order chi connectivity index (χ0) is 47.3. The predicted molar refractivity (Wildman–Crippen MR) is 251 cm³/mol. The van der Waals surface area contributed by atoms with E-state index in [1.54, 1.807) is 18.2 Å². The second-order valence-corrected chi connectivity index (χ2v) is 17.8. The van der Waals surface area contributed by atoms with E-state index in [-0.39, 0.29) is 41.8 Å². The number of hydrogen-bond acceptors (Lipinski definition) is 11. The summed E-state index contributed by atoms with van der Waals surface area (Å²) in [5, 5.41) is 20.1. The van der Waals surface area contributed by atoms with Crippen molar-refractivity contribution in [1.82, 2.24) is 25.3 Å². The Bertz CT molecular complexity index is 2750. The zero-order valence-corrected chi connectivity index (χ0v) is 37.5. The first kappa shape index (κ1) is 45.9. The Kier molecular flexibility index (Phi) is 13.7. The van der Waals surface area contributed by atoms with Crippen LogP contribution in [0.3, 0.4) is 0 Å². The molecule has 1 aromatic heterocycles. The van der Waals surface area contributed by atoms with E-state index in [0.29, 0.717) is 98.0 Å². The molecule has 68 heavy (non-hydrogen) atoms. The summed E-state index contributed by atoms with van der Waals surface area (Å²) < 4.78 is 33.4. The van der Waals surface area contributed by atoms with Crippen LogP contribution in [-0.2, 0) is 25.5 Å². The molecule has 3 fully saturated rings. The van der Waals surface area contributed by atoms with Crippen LogP contribution in [-0.4, -0.2) is 113 Å². The third-order valence-corrected chi connectivity index (χ3v) is 13.1. The topological polar surface area (TPSA) is 198 Å². The van der Waals surface area contributed by atoms with E-state index in [1.165, 1.54) is 12.1 Å². The highest BCUT2D eigenvalue weighted by atomic mass is 19.1. The number of rotatable bonds is 16. The number of benzene rings is 4. The van der Waals surface area contributed by atoms with Crippen molar-refractivity contribution < 1.29 is 42.3 Å². The van der Waals surface area contributed by atoms with Gasteiger partial charge in [-0.05, 0) is 110 Å². The van der Waals surface area contributed by atoms with Crippen molar-refractivity contribution in [3.8, 4) is 0 Å². The molecule has 4 aliphatic rings. The standard InChI is InChI=1S/C50H53F2N9O7/c51-32-24-31(25-33(52)27-32)23-30-6-11-41-40(26-30)46(58-57-41)56-47(64)38-10-8-36(29-42(38)54-34-14-21-68-22-15-34)59-17-19-60(20-18-59)45(63)5-3-1-2-4-16-53-35-7-9-37-39(28-35)50(67)61(49(37)66)43-12-13-44(62)55-48(43)65/h6-11,24-29,34,43,53-54H,1-5,12-23H2,(H,55,62,65)(H2,56,57,58,64). The van der Waals surface area contributed by atoms with Gasteiger partial charge in [0, 0.05) is 93.3 Å². The molecule has 0 aliphatic carbocycles. The Morgan fingerprint density at radius 1 is 0.779 bits per heavy atom. The molecular weight excluding hydrogens is 877 g/mol. The molecule has 5 aromatic rings. The molecular formula is C50H53F2N9O7. The number of anilines is 4. The van der Waals surface area contributed by atoms with Gasteiger partial charge in [0.1, 0.15) is 17.7 Å². The summed E-state index contributed by atoms with van der Waals surface area (Å²) in [6.07, 6.45) is 5.90. The van der Waals surface area contributed by atoms with Crippen molar-refractivity contribution >= 4 is 69.2 Å². The number of piperidine rings is 1. The fraction of sp³-hybridized carbons (Fsp3) is 0.380. The van der Waals surface area contributed by atoms with Gasteiger partial charge in [0.2, 0.25) is 17.7 Å². The number of nitrogens with one attached hydrogen (secondary N) is 5. The van der Waals surface area contributed by atoms with Crippen molar-refractivity contribution in [1.29, 1.82) is 0 Å². The van der Waals surface area contributed by atoms with Crippen molar-refractivity contribution in [3.63, 3.8) is 0 Å². The molecule has 6 amide bonds. The lowest BCUT2D eigenvalue weighted by atomic mass is 10.0. The highest BCUT2D eigenvalue weighted by molar-refractivity contribution is 6.23. The maximum absolute atomic E-state index is 14.0. The van der Waals surface area contributed by atoms with E-state index >= 15 is 0 Å². The van der Waals surface area contributed by atoms with Gasteiger partial charge >= 0.3 is 0 Å². The Labute approximate surface area is 391 Å². The average molecular weight is 930 g/mol. The number of carbonyl (C=O) groups is 6. The van der Waals surface area contributed by atoms with E-state index in [4.69, 9.17) is 4.74 Å². The first-order valence-corrected chi connectivity index (χ1v) is 23.3. The lowest BCUT2D eigenvalue weighted by Crippen LogP contribution is -2.54. The number of hydrogen-bond donors (Lipinski definition) is 5. The smallest absolute Gasteiger partial charge is 0.262 e. The van der Waals surface area contributed by atoms with E-state index in [9.17, 15) is 37.5 Å². The number of carbonyl (C=O) groups excluding carboxylic acids is 6. The van der Waals surface area contributed by atoms with E-state index in [1.807, 2.05) is 41.3 Å². The molecule has 1 atom stereocenters. The molecule has 18 heteroatoms. The highest BCUT2D eigenvalue weighted by Crippen LogP contribution is 2.32. The predicted octanol–water partition coefficient (Wildman–Crippen LogP) is 6.39. The molecule has 4 aromatic carbocycles. The Morgan fingerprint density at radius 2 is 1.54 bits per heavy atom. The van der Waals surface area contributed by atoms with Crippen LogP contribution in [0.15, 0.2) is 72.8 Å². The molecule has 5 N–H and O–H groups in total. The quantitative estimate of drug-likeness (QED) is 0.0543. The minimum Gasteiger partial charge on any atom is -0.385 e. The molecule has 1 unspecified atom stereocenters. The van der Waals surface area contributed by atoms with E-state index in [2.05, 4.69) is 36.4 Å². The summed E-state index contributed by atoms with van der Waals surface area (Å²) in [5.74, 6) is -3.31. The number of H-pyrrole nitrogens is 1. The van der Waals surface area contributed by atoms with Crippen molar-refractivity contribution in [2.75, 3.05) is 66.8 Å². The number of imide groups is 2. The monoisotopic (exact) mass is 929 g/mol. The highest BCUT2D eigenvalue weighted by Gasteiger charge is 2.44. The van der Waals surface area contributed by atoms with Crippen LogP contribution in [0.1, 0.15) is 100.0 Å². The van der Waals surface area contributed by atoms with Crippen molar-refractivity contribution in [2.24, 2.45) is 0 Å². The molecule has 354 valence electrons. The van der Waals surface area contributed by atoms with Gasteiger partial charge in [0.15, 0.2) is 5.82 Å². The van der Waals surface area contributed by atoms with Crippen LogP contribution < -0.4 is 26.2 Å². The zero-order valence-electron chi connectivity index (χ0n) is 37.5. The second kappa shape index (κ2) is 20.3. The van der Waals surface area contributed by atoms with E-state index in [0.717, 1.165) is 60.7 Å². The van der Waals surface area contributed by atoms with Gasteiger partial charge in [0.05, 0.1) is 22.2 Å². The summed E-state index contributed by atoms with van der Waals surface area (Å²) in [4.78, 5) is 82.5.